The molecule has 0 aromatic rings. The van der Waals surface area contributed by atoms with E-state index in [1.165, 1.54) is 154 Å². The lowest BCUT2D eigenvalue weighted by Crippen LogP contribution is -2.51. The van der Waals surface area contributed by atoms with Crippen molar-refractivity contribution in [2.75, 3.05) is 40.9 Å². The van der Waals surface area contributed by atoms with Gasteiger partial charge in [0.15, 0.2) is 0 Å². The van der Waals surface area contributed by atoms with Crippen LogP contribution in [0.2, 0.25) is 0 Å². The third-order valence-corrected chi connectivity index (χ3v) is 13.1. The van der Waals surface area contributed by atoms with E-state index in [0.717, 1.165) is 51.4 Å². The second-order valence-electron chi connectivity index (χ2n) is 19.7. The molecule has 10 heteroatoms. The Hall–Kier alpha value is -1.58. The highest BCUT2D eigenvalue weighted by atomic mass is 31.2. The van der Waals surface area contributed by atoms with Crippen LogP contribution >= 0.6 is 7.82 Å². The highest BCUT2D eigenvalue weighted by Gasteiger charge is 2.31. The summed E-state index contributed by atoms with van der Waals surface area (Å²) >= 11 is 0. The van der Waals surface area contributed by atoms with Crippen molar-refractivity contribution in [2.45, 2.75) is 257 Å². The maximum absolute atomic E-state index is 13.0. The number of likely N-dealkylation sites (N-methyl/N-ethyl adjacent to an activating group) is 1. The molecule has 0 spiro atoms. The molecule has 0 fully saturated rings. The number of hydrogen-bond donors (Lipinski definition) is 4. The summed E-state index contributed by atoms with van der Waals surface area (Å²) in [4.78, 5) is 23.3. The first-order chi connectivity index (χ1) is 31.4. The van der Waals surface area contributed by atoms with Crippen molar-refractivity contribution in [2.24, 2.45) is 0 Å². The molecule has 4 unspecified atom stereocenters. The van der Waals surface area contributed by atoms with Crippen LogP contribution in [-0.2, 0) is 18.4 Å². The van der Waals surface area contributed by atoms with Crippen molar-refractivity contribution in [3.05, 3.63) is 48.6 Å². The maximum Gasteiger partial charge on any atom is 0.472 e. The molecular weight excluding hydrogens is 832 g/mol. The smallest absolute Gasteiger partial charge is 0.390 e. The number of carbonyl (C=O) groups excluding carboxylic acids is 1. The van der Waals surface area contributed by atoms with Crippen LogP contribution in [0, 0.1) is 0 Å². The number of carbonyl (C=O) groups is 1. The minimum atomic E-state index is -4.43. The fourth-order valence-corrected chi connectivity index (χ4v) is 8.51. The zero-order valence-corrected chi connectivity index (χ0v) is 44.0. The van der Waals surface area contributed by atoms with Crippen LogP contribution in [-0.4, -0.2) is 84.6 Å². The summed E-state index contributed by atoms with van der Waals surface area (Å²) in [6.07, 6.45) is 56.3. The zero-order chi connectivity index (χ0) is 48.0. The second kappa shape index (κ2) is 46.2. The van der Waals surface area contributed by atoms with Crippen molar-refractivity contribution in [3.8, 4) is 0 Å². The van der Waals surface area contributed by atoms with Crippen molar-refractivity contribution in [1.82, 2.24) is 5.32 Å². The number of allylic oxidation sites excluding steroid dienone is 8. The fourth-order valence-electron chi connectivity index (χ4n) is 7.78. The average Bonchev–Trinajstić information content (AvgIpc) is 3.26. The van der Waals surface area contributed by atoms with Gasteiger partial charge < -0.3 is 24.9 Å². The number of unbranched alkanes of at least 4 members (excludes halogenated alkanes) is 27. The number of amides is 1. The number of phosphoric ester groups is 1. The molecule has 0 aliphatic carbocycles. The van der Waals surface area contributed by atoms with E-state index in [-0.39, 0.29) is 18.9 Å². The standard InChI is InChI=1S/C55H105N2O7P/c1-6-8-10-12-14-16-18-20-21-22-23-24-25-26-27-28-29-30-31-32-33-34-35-36-38-40-42-44-46-48-54(59)56-52(51-64-65(61,62)63-50-49-57(3,4)5)55(60)53(58)47-45-43-41-39-37-19-17-15-13-11-9-7-2/h15,17-18,20,22-23,39,41,52-53,55,58,60H,6-14,16,19,21,24-38,40,42-51H2,1-5H3,(H-,56,59,61,62)/p+1/b17-15+,20-18-,23-22-,41-39+. The number of quaternary nitrogens is 1. The van der Waals surface area contributed by atoms with Crippen LogP contribution in [0.15, 0.2) is 48.6 Å². The third-order valence-electron chi connectivity index (χ3n) is 12.1. The van der Waals surface area contributed by atoms with Crippen molar-refractivity contribution < 1.29 is 38.0 Å². The minimum absolute atomic E-state index is 0.0135. The summed E-state index contributed by atoms with van der Waals surface area (Å²) in [5.74, 6) is -0.271. The van der Waals surface area contributed by atoms with E-state index in [0.29, 0.717) is 23.9 Å². The van der Waals surface area contributed by atoms with Crippen LogP contribution in [0.4, 0.5) is 0 Å². The first-order valence-corrected chi connectivity index (χ1v) is 28.6. The minimum Gasteiger partial charge on any atom is -0.390 e. The van der Waals surface area contributed by atoms with Gasteiger partial charge in [0.2, 0.25) is 5.91 Å². The molecule has 0 heterocycles. The molecule has 9 nitrogen and oxygen atoms in total. The predicted octanol–water partition coefficient (Wildman–Crippen LogP) is 15.0. The van der Waals surface area contributed by atoms with Gasteiger partial charge in [0, 0.05) is 6.42 Å². The SMILES string of the molecule is CCCCC/C=C/CC/C=C/CCCC(O)C(O)C(COP(=O)(O)OCC[N+](C)(C)C)NC(=O)CCCCCCCCCCCCCCCCCCC/C=C\C/C=C\CCCCCCC. The van der Waals surface area contributed by atoms with E-state index in [2.05, 4.69) is 67.8 Å². The lowest BCUT2D eigenvalue weighted by molar-refractivity contribution is -0.870. The average molecular weight is 938 g/mol. The largest absolute Gasteiger partial charge is 0.472 e. The van der Waals surface area contributed by atoms with E-state index in [1.807, 2.05) is 21.1 Å². The van der Waals surface area contributed by atoms with Crippen LogP contribution in [0.25, 0.3) is 0 Å². The molecule has 0 aromatic carbocycles. The van der Waals surface area contributed by atoms with E-state index < -0.39 is 32.7 Å². The molecule has 0 aromatic heterocycles. The first kappa shape index (κ1) is 63.4. The van der Waals surface area contributed by atoms with E-state index in [9.17, 15) is 24.5 Å². The Morgan fingerprint density at radius 1 is 0.538 bits per heavy atom. The molecule has 0 radical (unpaired) electrons. The fraction of sp³-hybridized carbons (Fsp3) is 0.836. The number of phosphoric acid groups is 1. The predicted molar refractivity (Wildman–Crippen MR) is 278 cm³/mol. The molecule has 0 aliphatic heterocycles. The number of nitrogens with one attached hydrogen (secondary N) is 1. The summed E-state index contributed by atoms with van der Waals surface area (Å²) in [6, 6.07) is -1.06. The molecule has 65 heavy (non-hydrogen) atoms. The van der Waals surface area contributed by atoms with Gasteiger partial charge in [-0.3, -0.25) is 13.8 Å². The molecule has 0 saturated heterocycles. The number of nitrogens with zero attached hydrogens (tertiary/aromatic N) is 1. The van der Waals surface area contributed by atoms with Gasteiger partial charge in [-0.1, -0.05) is 197 Å². The topological polar surface area (TPSA) is 125 Å². The second-order valence-corrected chi connectivity index (χ2v) is 21.2. The quantitative estimate of drug-likeness (QED) is 0.0207. The molecular formula is C55H106N2O7P+. The number of aliphatic hydroxyl groups is 2. The van der Waals surface area contributed by atoms with Crippen LogP contribution < -0.4 is 5.32 Å². The van der Waals surface area contributed by atoms with Crippen LogP contribution in [0.1, 0.15) is 239 Å². The van der Waals surface area contributed by atoms with Crippen molar-refractivity contribution in [3.63, 3.8) is 0 Å². The molecule has 382 valence electrons. The molecule has 0 aliphatic rings. The Labute approximate surface area is 402 Å². The number of aliphatic hydroxyl groups excluding tert-OH is 2. The maximum atomic E-state index is 13.0. The third kappa shape index (κ3) is 47.3. The Bertz CT molecular complexity index is 1220. The molecule has 4 N–H and O–H groups in total. The Morgan fingerprint density at radius 3 is 1.40 bits per heavy atom. The number of hydrogen-bond acceptors (Lipinski definition) is 6. The van der Waals surface area contributed by atoms with Gasteiger partial charge in [-0.25, -0.2) is 4.57 Å². The molecule has 0 bridgehead atoms. The molecule has 4 atom stereocenters. The van der Waals surface area contributed by atoms with Gasteiger partial charge in [0.05, 0.1) is 39.9 Å². The van der Waals surface area contributed by atoms with Gasteiger partial charge in [0.25, 0.3) is 0 Å². The molecule has 0 rings (SSSR count). The molecule has 1 amide bonds. The lowest BCUT2D eigenvalue weighted by Gasteiger charge is -2.28. The van der Waals surface area contributed by atoms with E-state index in [1.54, 1.807) is 0 Å². The highest BCUT2D eigenvalue weighted by Crippen LogP contribution is 2.43. The summed E-state index contributed by atoms with van der Waals surface area (Å²) in [6.45, 7) is 4.54. The summed E-state index contributed by atoms with van der Waals surface area (Å²) < 4.78 is 23.6. The highest BCUT2D eigenvalue weighted by molar-refractivity contribution is 7.47. The van der Waals surface area contributed by atoms with E-state index in [4.69, 9.17) is 9.05 Å². The van der Waals surface area contributed by atoms with Gasteiger partial charge in [-0.05, 0) is 83.5 Å². The van der Waals surface area contributed by atoms with Crippen LogP contribution in [0.3, 0.4) is 0 Å². The van der Waals surface area contributed by atoms with Gasteiger partial charge in [0.1, 0.15) is 19.3 Å². The Balaban J connectivity index is 4.19. The number of rotatable bonds is 49. The molecule has 0 saturated carbocycles. The first-order valence-electron chi connectivity index (χ1n) is 27.1. The van der Waals surface area contributed by atoms with Gasteiger partial charge >= 0.3 is 7.82 Å². The summed E-state index contributed by atoms with van der Waals surface area (Å²) in [5.41, 5.74) is 0. The summed E-state index contributed by atoms with van der Waals surface area (Å²) in [7, 11) is 1.41. The Kier molecular flexibility index (Phi) is 45.0. The summed E-state index contributed by atoms with van der Waals surface area (Å²) in [5, 5.41) is 24.7. The van der Waals surface area contributed by atoms with Crippen molar-refractivity contribution >= 4 is 13.7 Å². The normalized spacial score (nSPS) is 14.9. The van der Waals surface area contributed by atoms with Crippen molar-refractivity contribution in [1.29, 1.82) is 0 Å². The zero-order valence-electron chi connectivity index (χ0n) is 43.1. The lowest BCUT2D eigenvalue weighted by atomic mass is 10.0. The monoisotopic (exact) mass is 938 g/mol. The Morgan fingerprint density at radius 2 is 0.923 bits per heavy atom. The van der Waals surface area contributed by atoms with E-state index >= 15 is 0 Å². The van der Waals surface area contributed by atoms with Gasteiger partial charge in [-0.2, -0.15) is 0 Å². The van der Waals surface area contributed by atoms with Gasteiger partial charge in [-0.15, -0.1) is 0 Å². The van der Waals surface area contributed by atoms with Crippen LogP contribution in [0.5, 0.6) is 0 Å².